The minimum Gasteiger partial charge on any atom is -0.378 e. The molecule has 2 heterocycles. The molecule has 1 saturated heterocycles. The first-order valence-electron chi connectivity index (χ1n) is 7.63. The standard InChI is InChI=1S/C18H12Cl2N2O3/c19-11-6-7-13(14(20)8-11)15-9-18(25-21-15)10-16(23)22(17(18)24)12-4-2-1-3-5-12/h1-8H,9-10H2/t18-/m0/s1. The molecule has 0 unspecified atom stereocenters. The third-order valence-corrected chi connectivity index (χ3v) is 4.87. The van der Waals surface area contributed by atoms with Crippen molar-refractivity contribution in [3.05, 3.63) is 64.1 Å². The van der Waals surface area contributed by atoms with Crippen molar-refractivity contribution in [1.29, 1.82) is 0 Å². The Morgan fingerprint density at radius 2 is 1.80 bits per heavy atom. The lowest BCUT2D eigenvalue weighted by molar-refractivity contribution is -0.136. The Bertz CT molecular complexity index is 914. The molecular weight excluding hydrogens is 363 g/mol. The van der Waals surface area contributed by atoms with E-state index in [1.807, 2.05) is 6.07 Å². The monoisotopic (exact) mass is 374 g/mol. The van der Waals surface area contributed by atoms with Crippen molar-refractivity contribution in [2.24, 2.45) is 5.16 Å². The molecule has 5 nitrogen and oxygen atoms in total. The zero-order chi connectivity index (χ0) is 17.6. The molecule has 126 valence electrons. The van der Waals surface area contributed by atoms with Crippen molar-refractivity contribution < 1.29 is 14.4 Å². The van der Waals surface area contributed by atoms with Crippen molar-refractivity contribution in [3.8, 4) is 0 Å². The molecule has 4 rings (SSSR count). The van der Waals surface area contributed by atoms with Gasteiger partial charge in [0.1, 0.15) is 0 Å². The SMILES string of the molecule is O=C1C[C@@]2(CC(c3ccc(Cl)cc3Cl)=NO2)C(=O)N1c1ccccc1. The third kappa shape index (κ3) is 2.60. The zero-order valence-electron chi connectivity index (χ0n) is 12.9. The van der Waals surface area contributed by atoms with Crippen molar-refractivity contribution in [3.63, 3.8) is 0 Å². The van der Waals surface area contributed by atoms with E-state index in [1.54, 1.807) is 42.5 Å². The summed E-state index contributed by atoms with van der Waals surface area (Å²) in [4.78, 5) is 32.0. The number of carbonyl (C=O) groups is 2. The largest absolute Gasteiger partial charge is 0.378 e. The molecule has 1 fully saturated rings. The predicted molar refractivity (Wildman–Crippen MR) is 95.0 cm³/mol. The highest BCUT2D eigenvalue weighted by Gasteiger charge is 2.58. The van der Waals surface area contributed by atoms with Crippen LogP contribution in [0.15, 0.2) is 53.7 Å². The van der Waals surface area contributed by atoms with Crippen molar-refractivity contribution >= 4 is 46.4 Å². The normalized spacial score (nSPS) is 22.5. The maximum Gasteiger partial charge on any atom is 0.281 e. The summed E-state index contributed by atoms with van der Waals surface area (Å²) in [7, 11) is 0. The summed E-state index contributed by atoms with van der Waals surface area (Å²) in [5.74, 6) is -0.720. The topological polar surface area (TPSA) is 59.0 Å². The van der Waals surface area contributed by atoms with Crippen LogP contribution in [0.4, 0.5) is 5.69 Å². The number of nitrogens with zero attached hydrogens (tertiary/aromatic N) is 2. The van der Waals surface area contributed by atoms with Crippen LogP contribution in [-0.4, -0.2) is 23.1 Å². The van der Waals surface area contributed by atoms with Crippen LogP contribution in [-0.2, 0) is 14.4 Å². The van der Waals surface area contributed by atoms with Gasteiger partial charge in [-0.2, -0.15) is 0 Å². The molecule has 2 aliphatic heterocycles. The summed E-state index contributed by atoms with van der Waals surface area (Å²) >= 11 is 12.1. The minimum absolute atomic E-state index is 0.0566. The molecule has 0 aliphatic carbocycles. The Kier molecular flexibility index (Phi) is 3.78. The smallest absolute Gasteiger partial charge is 0.281 e. The van der Waals surface area contributed by atoms with E-state index in [4.69, 9.17) is 28.0 Å². The van der Waals surface area contributed by atoms with E-state index in [0.717, 1.165) is 4.90 Å². The van der Waals surface area contributed by atoms with Gasteiger partial charge in [0, 0.05) is 17.0 Å². The first kappa shape index (κ1) is 16.1. The summed E-state index contributed by atoms with van der Waals surface area (Å²) in [6, 6.07) is 13.8. The number of rotatable bonds is 2. The molecular formula is C18H12Cl2N2O3. The fraction of sp³-hybridized carbons (Fsp3) is 0.167. The summed E-state index contributed by atoms with van der Waals surface area (Å²) < 4.78 is 0. The van der Waals surface area contributed by atoms with Gasteiger partial charge in [0.2, 0.25) is 11.5 Å². The number of amides is 2. The lowest BCUT2D eigenvalue weighted by atomic mass is 9.92. The van der Waals surface area contributed by atoms with Gasteiger partial charge in [-0.15, -0.1) is 0 Å². The van der Waals surface area contributed by atoms with Gasteiger partial charge < -0.3 is 4.84 Å². The Hall–Kier alpha value is -2.37. The van der Waals surface area contributed by atoms with Crippen LogP contribution in [0.5, 0.6) is 0 Å². The minimum atomic E-state index is -1.30. The Balaban J connectivity index is 1.63. The molecule has 0 aromatic heterocycles. The number of hydrogen-bond acceptors (Lipinski definition) is 4. The number of halogens is 2. The number of oxime groups is 1. The molecule has 2 amide bonds. The molecule has 0 N–H and O–H groups in total. The molecule has 0 bridgehead atoms. The number of carbonyl (C=O) groups excluding carboxylic acids is 2. The van der Waals surface area contributed by atoms with Gasteiger partial charge in [-0.1, -0.05) is 52.6 Å². The number of anilines is 1. The first-order valence-corrected chi connectivity index (χ1v) is 8.39. The highest BCUT2D eigenvalue weighted by atomic mass is 35.5. The van der Waals surface area contributed by atoms with E-state index in [9.17, 15) is 9.59 Å². The van der Waals surface area contributed by atoms with Crippen LogP contribution < -0.4 is 4.90 Å². The second-order valence-electron chi connectivity index (χ2n) is 5.97. The lowest BCUT2D eigenvalue weighted by Gasteiger charge is -2.19. The third-order valence-electron chi connectivity index (χ3n) is 4.32. The van der Waals surface area contributed by atoms with Crippen molar-refractivity contribution in [2.75, 3.05) is 4.90 Å². The molecule has 2 aromatic rings. The average Bonchev–Trinajstić information content (AvgIpc) is 3.10. The van der Waals surface area contributed by atoms with Gasteiger partial charge in [-0.25, -0.2) is 4.90 Å². The number of imide groups is 1. The van der Waals surface area contributed by atoms with Crippen molar-refractivity contribution in [1.82, 2.24) is 0 Å². The van der Waals surface area contributed by atoms with Gasteiger partial charge in [0.25, 0.3) is 5.91 Å². The lowest BCUT2D eigenvalue weighted by Crippen LogP contribution is -2.40. The molecule has 25 heavy (non-hydrogen) atoms. The Morgan fingerprint density at radius 3 is 2.52 bits per heavy atom. The molecule has 1 spiro atoms. The van der Waals surface area contributed by atoms with Crippen LogP contribution in [0.1, 0.15) is 18.4 Å². The highest BCUT2D eigenvalue weighted by molar-refractivity contribution is 6.37. The summed E-state index contributed by atoms with van der Waals surface area (Å²) in [5, 5.41) is 4.96. The van der Waals surface area contributed by atoms with Crippen LogP contribution in [0.25, 0.3) is 0 Å². The van der Waals surface area contributed by atoms with Crippen LogP contribution in [0.2, 0.25) is 10.0 Å². The predicted octanol–water partition coefficient (Wildman–Crippen LogP) is 3.82. The fourth-order valence-corrected chi connectivity index (χ4v) is 3.63. The van der Waals surface area contributed by atoms with E-state index in [1.165, 1.54) is 0 Å². The molecule has 0 saturated carbocycles. The van der Waals surface area contributed by atoms with E-state index in [0.29, 0.717) is 27.0 Å². The van der Waals surface area contributed by atoms with Crippen LogP contribution in [0, 0.1) is 0 Å². The second-order valence-corrected chi connectivity index (χ2v) is 6.81. The van der Waals surface area contributed by atoms with Crippen LogP contribution >= 0.6 is 23.2 Å². The van der Waals surface area contributed by atoms with Gasteiger partial charge in [0.05, 0.1) is 22.8 Å². The molecule has 0 radical (unpaired) electrons. The maximum atomic E-state index is 12.9. The summed E-state index contributed by atoms with van der Waals surface area (Å²) in [5.41, 5.74) is 0.389. The van der Waals surface area contributed by atoms with Gasteiger partial charge >= 0.3 is 0 Å². The Labute approximate surface area is 153 Å². The van der Waals surface area contributed by atoms with Crippen LogP contribution in [0.3, 0.4) is 0 Å². The summed E-state index contributed by atoms with van der Waals surface area (Å²) in [6.07, 6.45) is 0.126. The van der Waals surface area contributed by atoms with Crippen molar-refractivity contribution in [2.45, 2.75) is 18.4 Å². The number of benzene rings is 2. The van der Waals surface area contributed by atoms with Gasteiger partial charge in [-0.3, -0.25) is 9.59 Å². The molecule has 2 aromatic carbocycles. The average molecular weight is 375 g/mol. The molecule has 1 atom stereocenters. The zero-order valence-corrected chi connectivity index (χ0v) is 14.4. The highest BCUT2D eigenvalue weighted by Crippen LogP contribution is 2.40. The fourth-order valence-electron chi connectivity index (χ4n) is 3.11. The first-order chi connectivity index (χ1) is 12.0. The molecule has 2 aliphatic rings. The van der Waals surface area contributed by atoms with E-state index >= 15 is 0 Å². The molecule has 7 heteroatoms. The van der Waals surface area contributed by atoms with E-state index in [-0.39, 0.29) is 18.7 Å². The quantitative estimate of drug-likeness (QED) is 0.750. The Morgan fingerprint density at radius 1 is 1.04 bits per heavy atom. The van der Waals surface area contributed by atoms with E-state index < -0.39 is 11.5 Å². The second kappa shape index (κ2) is 5.86. The summed E-state index contributed by atoms with van der Waals surface area (Å²) in [6.45, 7) is 0. The van der Waals surface area contributed by atoms with Gasteiger partial charge in [-0.05, 0) is 24.3 Å². The maximum absolute atomic E-state index is 12.9. The van der Waals surface area contributed by atoms with Gasteiger partial charge in [0.15, 0.2) is 0 Å². The number of para-hydroxylation sites is 1. The van der Waals surface area contributed by atoms with E-state index in [2.05, 4.69) is 5.16 Å². The number of hydrogen-bond donors (Lipinski definition) is 0.